The van der Waals surface area contributed by atoms with E-state index in [0.717, 1.165) is 0 Å². The molecule has 0 unspecified atom stereocenters. The second kappa shape index (κ2) is 3.84. The van der Waals surface area contributed by atoms with Gasteiger partial charge in [-0.25, -0.2) is 4.79 Å². The summed E-state index contributed by atoms with van der Waals surface area (Å²) >= 11 is 0. The van der Waals surface area contributed by atoms with Crippen molar-refractivity contribution in [3.63, 3.8) is 0 Å². The van der Waals surface area contributed by atoms with Gasteiger partial charge in [-0.15, -0.1) is 0 Å². The molecule has 1 aromatic carbocycles. The standard InChI is InChI=1S/C12H14O5/c1-12(2)16-10-8(15-4)6-5-7(14-3)9(10)11(13)17-12/h5-6H,1-4H3. The summed E-state index contributed by atoms with van der Waals surface area (Å²) in [5.41, 5.74) is 0.256. The van der Waals surface area contributed by atoms with Gasteiger partial charge in [-0.2, -0.15) is 0 Å². The van der Waals surface area contributed by atoms with E-state index in [9.17, 15) is 4.79 Å². The van der Waals surface area contributed by atoms with E-state index < -0.39 is 11.8 Å². The Hall–Kier alpha value is -1.91. The summed E-state index contributed by atoms with van der Waals surface area (Å²) in [7, 11) is 2.99. The molecule has 0 radical (unpaired) electrons. The molecule has 0 spiro atoms. The van der Waals surface area contributed by atoms with Crippen LogP contribution in [-0.4, -0.2) is 26.0 Å². The largest absolute Gasteiger partial charge is 0.496 e. The Labute approximate surface area is 99.2 Å². The van der Waals surface area contributed by atoms with Gasteiger partial charge in [0.25, 0.3) is 0 Å². The molecule has 17 heavy (non-hydrogen) atoms. The number of ether oxygens (including phenoxy) is 4. The molecule has 92 valence electrons. The van der Waals surface area contributed by atoms with Crippen LogP contribution in [0.1, 0.15) is 24.2 Å². The third-order valence-corrected chi connectivity index (χ3v) is 2.41. The molecule has 0 aliphatic carbocycles. The zero-order chi connectivity index (χ0) is 12.6. The monoisotopic (exact) mass is 238 g/mol. The van der Waals surface area contributed by atoms with E-state index in [-0.39, 0.29) is 5.56 Å². The van der Waals surface area contributed by atoms with E-state index in [0.29, 0.717) is 17.2 Å². The first-order chi connectivity index (χ1) is 7.98. The molecule has 0 amide bonds. The van der Waals surface area contributed by atoms with Crippen LogP contribution in [0.2, 0.25) is 0 Å². The quantitative estimate of drug-likeness (QED) is 0.737. The van der Waals surface area contributed by atoms with Gasteiger partial charge in [0, 0.05) is 13.8 Å². The Balaban J connectivity index is 2.63. The van der Waals surface area contributed by atoms with Gasteiger partial charge in [-0.1, -0.05) is 0 Å². The second-order valence-electron chi connectivity index (χ2n) is 4.07. The lowest BCUT2D eigenvalue weighted by molar-refractivity contribution is -0.128. The van der Waals surface area contributed by atoms with Gasteiger partial charge in [0.1, 0.15) is 11.3 Å². The summed E-state index contributed by atoms with van der Waals surface area (Å²) < 4.78 is 21.0. The van der Waals surface area contributed by atoms with E-state index in [2.05, 4.69) is 0 Å². The minimum absolute atomic E-state index is 0.256. The Bertz CT molecular complexity index is 464. The maximum absolute atomic E-state index is 11.9. The van der Waals surface area contributed by atoms with Crippen molar-refractivity contribution in [1.29, 1.82) is 0 Å². The first-order valence-corrected chi connectivity index (χ1v) is 5.16. The predicted molar refractivity (Wildman–Crippen MR) is 59.7 cm³/mol. The van der Waals surface area contributed by atoms with Crippen molar-refractivity contribution in [2.24, 2.45) is 0 Å². The molecule has 1 aliphatic heterocycles. The fourth-order valence-corrected chi connectivity index (χ4v) is 1.71. The van der Waals surface area contributed by atoms with Crippen molar-refractivity contribution in [3.8, 4) is 17.2 Å². The molecular weight excluding hydrogens is 224 g/mol. The highest BCUT2D eigenvalue weighted by molar-refractivity contribution is 5.97. The van der Waals surface area contributed by atoms with Crippen LogP contribution in [0.15, 0.2) is 12.1 Å². The average Bonchev–Trinajstić information content (AvgIpc) is 2.25. The lowest BCUT2D eigenvalue weighted by Gasteiger charge is -2.32. The minimum Gasteiger partial charge on any atom is -0.496 e. The Morgan fingerprint density at radius 2 is 1.65 bits per heavy atom. The highest BCUT2D eigenvalue weighted by Crippen LogP contribution is 2.43. The molecule has 0 saturated carbocycles. The van der Waals surface area contributed by atoms with Gasteiger partial charge in [-0.3, -0.25) is 0 Å². The molecule has 1 aliphatic rings. The zero-order valence-corrected chi connectivity index (χ0v) is 10.2. The number of hydrogen-bond donors (Lipinski definition) is 0. The van der Waals surface area contributed by atoms with Crippen molar-refractivity contribution < 1.29 is 23.7 Å². The van der Waals surface area contributed by atoms with Gasteiger partial charge in [-0.05, 0) is 12.1 Å². The highest BCUT2D eigenvalue weighted by Gasteiger charge is 2.38. The van der Waals surface area contributed by atoms with Crippen LogP contribution in [0.25, 0.3) is 0 Å². The van der Waals surface area contributed by atoms with Crippen LogP contribution >= 0.6 is 0 Å². The number of esters is 1. The number of hydrogen-bond acceptors (Lipinski definition) is 5. The molecule has 2 rings (SSSR count). The summed E-state index contributed by atoms with van der Waals surface area (Å²) in [4.78, 5) is 11.9. The van der Waals surface area contributed by atoms with Crippen LogP contribution in [-0.2, 0) is 4.74 Å². The predicted octanol–water partition coefficient (Wildman–Crippen LogP) is 1.99. The third kappa shape index (κ3) is 1.88. The van der Waals surface area contributed by atoms with Crippen LogP contribution < -0.4 is 14.2 Å². The van der Waals surface area contributed by atoms with Crippen molar-refractivity contribution in [2.75, 3.05) is 14.2 Å². The van der Waals surface area contributed by atoms with E-state index in [1.54, 1.807) is 26.0 Å². The van der Waals surface area contributed by atoms with Crippen LogP contribution in [0.3, 0.4) is 0 Å². The third-order valence-electron chi connectivity index (χ3n) is 2.41. The van der Waals surface area contributed by atoms with Gasteiger partial charge in [0.2, 0.25) is 5.79 Å². The second-order valence-corrected chi connectivity index (χ2v) is 4.07. The highest BCUT2D eigenvalue weighted by atomic mass is 16.7. The fourth-order valence-electron chi connectivity index (χ4n) is 1.71. The Morgan fingerprint density at radius 3 is 2.24 bits per heavy atom. The number of benzene rings is 1. The molecule has 5 nitrogen and oxygen atoms in total. The number of rotatable bonds is 2. The molecule has 1 aromatic rings. The van der Waals surface area contributed by atoms with Crippen LogP contribution in [0.4, 0.5) is 0 Å². The van der Waals surface area contributed by atoms with Crippen molar-refractivity contribution in [2.45, 2.75) is 19.6 Å². The summed E-state index contributed by atoms with van der Waals surface area (Å²) in [6.45, 7) is 3.32. The maximum atomic E-state index is 11.9. The molecule has 1 heterocycles. The van der Waals surface area contributed by atoms with E-state index in [4.69, 9.17) is 18.9 Å². The number of carbonyl (C=O) groups is 1. The average molecular weight is 238 g/mol. The summed E-state index contributed by atoms with van der Waals surface area (Å²) in [6, 6.07) is 3.33. The van der Waals surface area contributed by atoms with Crippen LogP contribution in [0.5, 0.6) is 17.2 Å². The smallest absolute Gasteiger partial charge is 0.349 e. The first kappa shape index (κ1) is 11.6. The minimum atomic E-state index is -1.01. The lowest BCUT2D eigenvalue weighted by atomic mass is 10.1. The van der Waals surface area contributed by atoms with E-state index in [1.165, 1.54) is 14.2 Å². The number of carbonyl (C=O) groups excluding carboxylic acids is 1. The van der Waals surface area contributed by atoms with Gasteiger partial charge in [0.05, 0.1) is 14.2 Å². The number of methoxy groups -OCH3 is 2. The molecule has 0 bridgehead atoms. The lowest BCUT2D eigenvalue weighted by Crippen LogP contribution is -2.39. The topological polar surface area (TPSA) is 54.0 Å². The SMILES string of the molecule is COc1ccc(OC)c2c1OC(C)(C)OC2=O. The summed E-state index contributed by atoms with van der Waals surface area (Å²) in [5, 5.41) is 0. The maximum Gasteiger partial charge on any atom is 0.349 e. The molecule has 0 aromatic heterocycles. The van der Waals surface area contributed by atoms with Crippen molar-refractivity contribution >= 4 is 5.97 Å². The Morgan fingerprint density at radius 1 is 1.06 bits per heavy atom. The fraction of sp³-hybridized carbons (Fsp3) is 0.417. The number of cyclic esters (lactones) is 1. The summed E-state index contributed by atoms with van der Waals surface area (Å²) in [5.74, 6) is -0.254. The molecule has 5 heteroatoms. The van der Waals surface area contributed by atoms with E-state index in [1.807, 2.05) is 0 Å². The van der Waals surface area contributed by atoms with Crippen LogP contribution in [0, 0.1) is 0 Å². The molecule has 0 fully saturated rings. The number of fused-ring (bicyclic) bond motifs is 1. The van der Waals surface area contributed by atoms with E-state index >= 15 is 0 Å². The normalized spacial score (nSPS) is 16.6. The molecule has 0 N–H and O–H groups in total. The molecule has 0 saturated heterocycles. The first-order valence-electron chi connectivity index (χ1n) is 5.16. The van der Waals surface area contributed by atoms with Gasteiger partial charge < -0.3 is 18.9 Å². The summed E-state index contributed by atoms with van der Waals surface area (Å²) in [6.07, 6.45) is 0. The van der Waals surface area contributed by atoms with Crippen molar-refractivity contribution in [1.82, 2.24) is 0 Å². The van der Waals surface area contributed by atoms with Gasteiger partial charge >= 0.3 is 5.97 Å². The van der Waals surface area contributed by atoms with Gasteiger partial charge in [0.15, 0.2) is 11.5 Å². The molecule has 0 atom stereocenters. The molecular formula is C12H14O5. The van der Waals surface area contributed by atoms with Crippen molar-refractivity contribution in [3.05, 3.63) is 17.7 Å². The Kier molecular flexibility index (Phi) is 2.61. The zero-order valence-electron chi connectivity index (χ0n) is 10.2.